The lowest BCUT2D eigenvalue weighted by atomic mass is 10.3. The summed E-state index contributed by atoms with van der Waals surface area (Å²) in [7, 11) is 0. The molecule has 1 aliphatic rings. The molecule has 0 spiro atoms. The molecule has 0 saturated carbocycles. The van der Waals surface area contributed by atoms with Crippen LogP contribution in [0.4, 0.5) is 5.69 Å². The fourth-order valence-corrected chi connectivity index (χ4v) is 2.75. The van der Waals surface area contributed by atoms with Crippen LogP contribution in [0.25, 0.3) is 0 Å². The van der Waals surface area contributed by atoms with Crippen LogP contribution in [0.3, 0.4) is 0 Å². The Hall–Kier alpha value is -1.11. The van der Waals surface area contributed by atoms with Crippen molar-refractivity contribution in [3.8, 4) is 12.3 Å². The maximum absolute atomic E-state index is 11.6. The topological polar surface area (TPSA) is 26.3 Å². The van der Waals surface area contributed by atoms with Crippen LogP contribution in [0, 0.1) is 12.3 Å². The van der Waals surface area contributed by atoms with Gasteiger partial charge in [0.05, 0.1) is 12.2 Å². The summed E-state index contributed by atoms with van der Waals surface area (Å²) in [6, 6.07) is 7.68. The Morgan fingerprint density at radius 3 is 3.08 bits per heavy atom. The van der Waals surface area contributed by atoms with Gasteiger partial charge in [-0.15, -0.1) is 6.42 Å². The molecular weight excluding hydrogens is 182 g/mol. The number of nitrogens with zero attached hydrogens (tertiary/aromatic N) is 1. The maximum atomic E-state index is 11.6. The molecule has 66 valence electrons. The smallest absolute Gasteiger partial charge is 0.184 e. The van der Waals surface area contributed by atoms with E-state index in [9.17, 15) is 4.55 Å². The Kier molecular flexibility index (Phi) is 2.17. The SMILES string of the molecule is C#CCN1C[S+]([O-])c2ccccc21. The summed E-state index contributed by atoms with van der Waals surface area (Å²) in [5, 5.41) is 0. The van der Waals surface area contributed by atoms with Gasteiger partial charge in [0.15, 0.2) is 10.8 Å². The zero-order chi connectivity index (χ0) is 9.26. The molecule has 2 nitrogen and oxygen atoms in total. The van der Waals surface area contributed by atoms with Crippen molar-refractivity contribution in [1.82, 2.24) is 0 Å². The highest BCUT2D eigenvalue weighted by Gasteiger charge is 2.29. The molecule has 0 aromatic heterocycles. The summed E-state index contributed by atoms with van der Waals surface area (Å²) in [4.78, 5) is 2.86. The van der Waals surface area contributed by atoms with Gasteiger partial charge < -0.3 is 9.45 Å². The van der Waals surface area contributed by atoms with E-state index in [2.05, 4.69) is 5.92 Å². The second-order valence-corrected chi connectivity index (χ2v) is 4.23. The van der Waals surface area contributed by atoms with Gasteiger partial charge in [-0.1, -0.05) is 18.1 Å². The van der Waals surface area contributed by atoms with Crippen molar-refractivity contribution in [3.05, 3.63) is 24.3 Å². The molecule has 0 radical (unpaired) electrons. The number of rotatable bonds is 1. The Labute approximate surface area is 80.7 Å². The van der Waals surface area contributed by atoms with E-state index < -0.39 is 11.2 Å². The molecule has 0 fully saturated rings. The third-order valence-electron chi connectivity index (χ3n) is 2.01. The Bertz CT molecular complexity index is 358. The molecule has 3 heteroatoms. The number of benzene rings is 1. The van der Waals surface area contributed by atoms with Gasteiger partial charge in [0, 0.05) is 11.2 Å². The minimum Gasteiger partial charge on any atom is -0.610 e. The van der Waals surface area contributed by atoms with Crippen molar-refractivity contribution < 1.29 is 4.55 Å². The lowest BCUT2D eigenvalue weighted by Crippen LogP contribution is -2.22. The van der Waals surface area contributed by atoms with Crippen LogP contribution in [0.2, 0.25) is 0 Å². The molecule has 0 N–H and O–H groups in total. The minimum absolute atomic E-state index is 0.531. The van der Waals surface area contributed by atoms with Gasteiger partial charge in [-0.2, -0.15) is 0 Å². The number of fused-ring (bicyclic) bond motifs is 1. The fraction of sp³-hybridized carbons (Fsp3) is 0.200. The lowest BCUT2D eigenvalue weighted by Gasteiger charge is -2.10. The van der Waals surface area contributed by atoms with E-state index in [4.69, 9.17) is 6.42 Å². The minimum atomic E-state index is -0.899. The van der Waals surface area contributed by atoms with Crippen LogP contribution in [-0.4, -0.2) is 17.0 Å². The normalized spacial score (nSPS) is 19.7. The van der Waals surface area contributed by atoms with Crippen molar-refractivity contribution in [2.24, 2.45) is 0 Å². The molecule has 1 atom stereocenters. The van der Waals surface area contributed by atoms with E-state index >= 15 is 0 Å². The molecule has 1 heterocycles. The third kappa shape index (κ3) is 1.39. The monoisotopic (exact) mass is 191 g/mol. The molecule has 0 amide bonds. The summed E-state index contributed by atoms with van der Waals surface area (Å²) in [5.74, 6) is 3.09. The van der Waals surface area contributed by atoms with Gasteiger partial charge in [0.25, 0.3) is 0 Å². The van der Waals surface area contributed by atoms with Gasteiger partial charge in [0.1, 0.15) is 0 Å². The van der Waals surface area contributed by atoms with Crippen LogP contribution in [-0.2, 0) is 11.2 Å². The van der Waals surface area contributed by atoms with Gasteiger partial charge in [-0.05, 0) is 12.1 Å². The second kappa shape index (κ2) is 3.33. The molecular formula is C10H9NOS. The summed E-state index contributed by atoms with van der Waals surface area (Å²) >= 11 is -0.899. The first-order chi connectivity index (χ1) is 6.33. The number of anilines is 1. The molecule has 0 saturated heterocycles. The van der Waals surface area contributed by atoms with E-state index in [0.717, 1.165) is 10.6 Å². The van der Waals surface area contributed by atoms with Gasteiger partial charge in [0.2, 0.25) is 0 Å². The van der Waals surface area contributed by atoms with E-state index in [1.165, 1.54) is 0 Å². The van der Waals surface area contributed by atoms with Gasteiger partial charge in [-0.25, -0.2) is 0 Å². The predicted molar refractivity (Wildman–Crippen MR) is 53.9 cm³/mol. The average molecular weight is 191 g/mol. The molecule has 0 bridgehead atoms. The first-order valence-corrected chi connectivity index (χ1v) is 5.30. The molecule has 1 aromatic carbocycles. The number of para-hydroxylation sites is 1. The second-order valence-electron chi connectivity index (χ2n) is 2.84. The standard InChI is InChI=1S/C10H9NOS/c1-2-7-11-8-13(12)10-6-4-3-5-9(10)11/h1,3-6H,7-8H2. The first-order valence-electron chi connectivity index (χ1n) is 3.99. The molecule has 2 rings (SSSR count). The van der Waals surface area contributed by atoms with Crippen LogP contribution in [0.5, 0.6) is 0 Å². The van der Waals surface area contributed by atoms with Crippen LogP contribution in [0.1, 0.15) is 0 Å². The molecule has 1 aromatic rings. The fourth-order valence-electron chi connectivity index (χ4n) is 1.43. The van der Waals surface area contributed by atoms with Crippen LogP contribution >= 0.6 is 0 Å². The van der Waals surface area contributed by atoms with E-state index in [1.807, 2.05) is 29.2 Å². The zero-order valence-corrected chi connectivity index (χ0v) is 7.88. The van der Waals surface area contributed by atoms with Crippen LogP contribution < -0.4 is 4.90 Å². The van der Waals surface area contributed by atoms with Crippen molar-refractivity contribution in [1.29, 1.82) is 0 Å². The zero-order valence-electron chi connectivity index (χ0n) is 7.06. The number of hydrogen-bond acceptors (Lipinski definition) is 2. The van der Waals surface area contributed by atoms with Crippen molar-refractivity contribution in [2.75, 3.05) is 17.3 Å². The quantitative estimate of drug-likeness (QED) is 0.492. The summed E-state index contributed by atoms with van der Waals surface area (Å²) in [5.41, 5.74) is 1.01. The highest BCUT2D eigenvalue weighted by molar-refractivity contribution is 7.92. The largest absolute Gasteiger partial charge is 0.610 e. The maximum Gasteiger partial charge on any atom is 0.184 e. The Morgan fingerprint density at radius 2 is 2.31 bits per heavy atom. The Morgan fingerprint density at radius 1 is 1.54 bits per heavy atom. The van der Waals surface area contributed by atoms with E-state index in [0.29, 0.717) is 12.4 Å². The van der Waals surface area contributed by atoms with Gasteiger partial charge >= 0.3 is 0 Å². The number of hydrogen-bond donors (Lipinski definition) is 0. The van der Waals surface area contributed by atoms with Crippen molar-refractivity contribution >= 4 is 16.9 Å². The Balaban J connectivity index is 2.37. The van der Waals surface area contributed by atoms with Crippen molar-refractivity contribution in [3.63, 3.8) is 0 Å². The first kappa shape index (κ1) is 8.49. The van der Waals surface area contributed by atoms with Gasteiger partial charge in [-0.3, -0.25) is 0 Å². The predicted octanol–water partition coefficient (Wildman–Crippen LogP) is 1.20. The number of terminal acetylenes is 1. The summed E-state index contributed by atoms with van der Waals surface area (Å²) in [6.45, 7) is 0.531. The van der Waals surface area contributed by atoms with Crippen LogP contribution in [0.15, 0.2) is 29.2 Å². The highest BCUT2D eigenvalue weighted by atomic mass is 32.2. The summed E-state index contributed by atoms with van der Waals surface area (Å²) in [6.07, 6.45) is 5.22. The van der Waals surface area contributed by atoms with E-state index in [-0.39, 0.29) is 0 Å². The molecule has 0 aliphatic carbocycles. The lowest BCUT2D eigenvalue weighted by molar-refractivity contribution is 0.598. The summed E-state index contributed by atoms with van der Waals surface area (Å²) < 4.78 is 11.6. The highest BCUT2D eigenvalue weighted by Crippen LogP contribution is 2.32. The molecule has 1 unspecified atom stereocenters. The van der Waals surface area contributed by atoms with E-state index in [1.54, 1.807) is 0 Å². The van der Waals surface area contributed by atoms with Crippen molar-refractivity contribution in [2.45, 2.75) is 4.90 Å². The molecule has 13 heavy (non-hydrogen) atoms. The molecule has 1 aliphatic heterocycles. The third-order valence-corrected chi connectivity index (χ3v) is 3.39. The average Bonchev–Trinajstić information content (AvgIpc) is 2.46.